The summed E-state index contributed by atoms with van der Waals surface area (Å²) in [5.41, 5.74) is 5.57. The first-order chi connectivity index (χ1) is 10.2. The number of benzene rings is 1. The van der Waals surface area contributed by atoms with Crippen LogP contribution >= 0.6 is 0 Å². The predicted molar refractivity (Wildman–Crippen MR) is 98.2 cm³/mol. The summed E-state index contributed by atoms with van der Waals surface area (Å²) in [6.45, 7) is 18.3. The lowest BCUT2D eigenvalue weighted by Gasteiger charge is -2.50. The van der Waals surface area contributed by atoms with E-state index in [4.69, 9.17) is 0 Å². The molecule has 0 aliphatic heterocycles. The molecule has 3 aliphatic carbocycles. The van der Waals surface area contributed by atoms with Crippen LogP contribution in [0, 0.1) is 63.2 Å². The summed E-state index contributed by atoms with van der Waals surface area (Å²) >= 11 is 0. The number of allylic oxidation sites excluding steroid dienone is 2. The van der Waals surface area contributed by atoms with Gasteiger partial charge in [-0.25, -0.2) is 0 Å². The minimum Gasteiger partial charge on any atom is -0.0846 e. The van der Waals surface area contributed by atoms with E-state index in [1.54, 1.807) is 0 Å². The Morgan fingerprint density at radius 3 is 0.955 bits per heavy atom. The van der Waals surface area contributed by atoms with Crippen molar-refractivity contribution in [2.45, 2.75) is 55.4 Å². The van der Waals surface area contributed by atoms with Crippen molar-refractivity contribution in [3.63, 3.8) is 0 Å². The molecule has 1 aromatic rings. The number of rotatable bonds is 0. The third-order valence-corrected chi connectivity index (χ3v) is 6.75. The van der Waals surface area contributed by atoms with Crippen molar-refractivity contribution in [3.05, 3.63) is 46.5 Å². The van der Waals surface area contributed by atoms with Crippen molar-refractivity contribution < 1.29 is 0 Å². The minimum absolute atomic E-state index is 0.861. The van der Waals surface area contributed by atoms with Gasteiger partial charge in [-0.05, 0) is 85.5 Å². The van der Waals surface area contributed by atoms with Crippen molar-refractivity contribution in [1.82, 2.24) is 0 Å². The smallest absolute Gasteiger partial charge is 0.0176 e. The first-order valence-electron chi connectivity index (χ1n) is 8.96. The highest BCUT2D eigenvalue weighted by atomic mass is 14.5. The Kier molecular flexibility index (Phi) is 5.20. The molecule has 0 amide bonds. The van der Waals surface area contributed by atoms with Gasteiger partial charge in [0.2, 0.25) is 0 Å². The molecule has 0 heteroatoms. The molecule has 22 heavy (non-hydrogen) atoms. The second kappa shape index (κ2) is 6.60. The molecule has 1 aromatic carbocycles. The summed E-state index contributed by atoms with van der Waals surface area (Å²) in [4.78, 5) is 0. The Hall–Kier alpha value is -1.04. The predicted octanol–water partition coefficient (Wildman–Crippen LogP) is 6.27. The molecule has 3 aliphatic rings. The molecule has 0 saturated heterocycles. The molecule has 0 N–H and O–H groups in total. The molecule has 4 unspecified atom stereocenters. The van der Waals surface area contributed by atoms with Gasteiger partial charge in [-0.15, -0.1) is 0 Å². The van der Waals surface area contributed by atoms with Crippen LogP contribution in [0.4, 0.5) is 0 Å². The van der Waals surface area contributed by atoms with Gasteiger partial charge in [-0.2, -0.15) is 0 Å². The van der Waals surface area contributed by atoms with E-state index in [-0.39, 0.29) is 0 Å². The van der Waals surface area contributed by atoms with Gasteiger partial charge in [0.15, 0.2) is 0 Å². The molecule has 0 radical (unpaired) electrons. The van der Waals surface area contributed by atoms with Crippen LogP contribution in [0.2, 0.25) is 0 Å². The van der Waals surface area contributed by atoms with Crippen LogP contribution in [0.25, 0.3) is 0 Å². The zero-order valence-corrected chi connectivity index (χ0v) is 15.8. The number of hydrogen-bond acceptors (Lipinski definition) is 0. The van der Waals surface area contributed by atoms with Gasteiger partial charge in [-0.1, -0.05) is 52.0 Å². The van der Waals surface area contributed by atoms with Crippen LogP contribution in [-0.2, 0) is 0 Å². The average Bonchev–Trinajstić information content (AvgIpc) is 2.46. The maximum Gasteiger partial charge on any atom is -0.0176 e. The fourth-order valence-corrected chi connectivity index (χ4v) is 4.42. The van der Waals surface area contributed by atoms with E-state index in [2.05, 4.69) is 79.7 Å². The van der Waals surface area contributed by atoms with Crippen LogP contribution in [0.3, 0.4) is 0 Å². The molecule has 2 bridgehead atoms. The zero-order valence-electron chi connectivity index (χ0n) is 15.8. The molecular formula is C22H34. The van der Waals surface area contributed by atoms with E-state index in [1.807, 2.05) is 0 Å². The third kappa shape index (κ3) is 3.16. The summed E-state index contributed by atoms with van der Waals surface area (Å²) in [7, 11) is 0. The van der Waals surface area contributed by atoms with Crippen LogP contribution < -0.4 is 0 Å². The lowest BCUT2D eigenvalue weighted by molar-refractivity contribution is 0.0429. The van der Waals surface area contributed by atoms with Gasteiger partial charge in [0.25, 0.3) is 0 Å². The molecular weight excluding hydrogens is 264 g/mol. The lowest BCUT2D eigenvalue weighted by Crippen LogP contribution is -2.44. The molecule has 0 spiro atoms. The molecule has 122 valence electrons. The Bertz CT molecular complexity index is 463. The van der Waals surface area contributed by atoms with Crippen LogP contribution in [-0.4, -0.2) is 0 Å². The van der Waals surface area contributed by atoms with Crippen molar-refractivity contribution in [1.29, 1.82) is 0 Å². The molecule has 1 fully saturated rings. The maximum atomic E-state index is 2.47. The summed E-state index contributed by atoms with van der Waals surface area (Å²) in [6.07, 6.45) is 4.94. The average molecular weight is 299 g/mol. The van der Waals surface area contributed by atoms with Gasteiger partial charge < -0.3 is 0 Å². The van der Waals surface area contributed by atoms with Crippen molar-refractivity contribution >= 4 is 0 Å². The van der Waals surface area contributed by atoms with Crippen LogP contribution in [0.15, 0.2) is 24.3 Å². The first kappa shape index (κ1) is 17.3. The molecule has 1 saturated carbocycles. The van der Waals surface area contributed by atoms with E-state index in [1.165, 1.54) is 22.3 Å². The third-order valence-electron chi connectivity index (χ3n) is 6.75. The molecule has 0 heterocycles. The Morgan fingerprint density at radius 2 is 0.727 bits per heavy atom. The van der Waals surface area contributed by atoms with E-state index in [0.29, 0.717) is 0 Å². The summed E-state index contributed by atoms with van der Waals surface area (Å²) < 4.78 is 0. The Labute approximate surface area is 138 Å². The van der Waals surface area contributed by atoms with Gasteiger partial charge in [0, 0.05) is 0 Å². The highest BCUT2D eigenvalue weighted by Gasteiger charge is 2.43. The first-order valence-corrected chi connectivity index (χ1v) is 8.96. The normalized spacial score (nSPS) is 36.0. The second-order valence-corrected chi connectivity index (χ2v) is 8.00. The molecule has 4 rings (SSSR count). The van der Waals surface area contributed by atoms with Crippen molar-refractivity contribution in [2.24, 2.45) is 35.5 Å². The number of aryl methyl sites for hydroxylation is 4. The van der Waals surface area contributed by atoms with Crippen LogP contribution in [0.1, 0.15) is 49.9 Å². The fraction of sp³-hybridized carbons (Fsp3) is 0.636. The van der Waals surface area contributed by atoms with E-state index < -0.39 is 0 Å². The van der Waals surface area contributed by atoms with E-state index >= 15 is 0 Å². The second-order valence-electron chi connectivity index (χ2n) is 8.00. The monoisotopic (exact) mass is 298 g/mol. The summed E-state index contributed by atoms with van der Waals surface area (Å²) in [5, 5.41) is 0. The Balaban J connectivity index is 0.000000164. The summed E-state index contributed by atoms with van der Waals surface area (Å²) in [6, 6.07) is 4.48. The fourth-order valence-electron chi connectivity index (χ4n) is 4.42. The molecule has 4 atom stereocenters. The zero-order chi connectivity index (χ0) is 16.6. The highest BCUT2D eigenvalue weighted by Crippen LogP contribution is 2.50. The van der Waals surface area contributed by atoms with E-state index in [9.17, 15) is 0 Å². The number of fused-ring (bicyclic) bond motifs is 2. The quantitative estimate of drug-likeness (QED) is 0.495. The molecule has 0 aromatic heterocycles. The Morgan fingerprint density at radius 1 is 0.500 bits per heavy atom. The van der Waals surface area contributed by atoms with Gasteiger partial charge in [0.05, 0.1) is 0 Å². The molecule has 0 nitrogen and oxygen atoms in total. The summed E-state index contributed by atoms with van der Waals surface area (Å²) in [5.74, 6) is 5.36. The van der Waals surface area contributed by atoms with E-state index in [0.717, 1.165) is 35.5 Å². The minimum atomic E-state index is 0.861. The largest absolute Gasteiger partial charge is 0.0846 e. The topological polar surface area (TPSA) is 0 Å². The van der Waals surface area contributed by atoms with Crippen molar-refractivity contribution in [2.75, 3.05) is 0 Å². The van der Waals surface area contributed by atoms with Crippen molar-refractivity contribution in [3.8, 4) is 0 Å². The maximum absolute atomic E-state index is 2.47. The SMILES string of the molecule is CC1C(C)C2C=CC1C(C)C2C.Cc1cc(C)c(C)cc1C. The van der Waals surface area contributed by atoms with Gasteiger partial charge in [-0.3, -0.25) is 0 Å². The standard InChI is InChI=1S/C12H20.C10H14/c1-7-8(2)12-6-5-11(7)9(3)10(12)4;1-7-5-9(3)10(4)6-8(7)2/h5-12H,1-4H3;5-6H,1-4H3. The lowest BCUT2D eigenvalue weighted by atomic mass is 9.55. The highest BCUT2D eigenvalue weighted by molar-refractivity contribution is 5.35. The van der Waals surface area contributed by atoms with Gasteiger partial charge in [0.1, 0.15) is 0 Å². The van der Waals surface area contributed by atoms with Crippen LogP contribution in [0.5, 0.6) is 0 Å². The van der Waals surface area contributed by atoms with Gasteiger partial charge >= 0.3 is 0 Å². The number of hydrogen-bond donors (Lipinski definition) is 0.